The number of aromatic nitrogens is 2. The first-order valence-corrected chi connectivity index (χ1v) is 15.7. The van der Waals surface area contributed by atoms with Crippen LogP contribution in [0, 0.1) is 5.82 Å². The molecule has 1 saturated heterocycles. The Balaban J connectivity index is 1.47. The number of rotatable bonds is 11. The number of nitrogens with one attached hydrogen (secondary N) is 1. The van der Waals surface area contributed by atoms with Gasteiger partial charge < -0.3 is 24.3 Å². The van der Waals surface area contributed by atoms with E-state index in [0.717, 1.165) is 29.8 Å². The van der Waals surface area contributed by atoms with E-state index < -0.39 is 21.4 Å². The summed E-state index contributed by atoms with van der Waals surface area (Å²) in [4.78, 5) is 6.35. The number of benzene rings is 3. The van der Waals surface area contributed by atoms with Crippen LogP contribution in [-0.2, 0) is 33.4 Å². The maximum atomic E-state index is 14.4. The molecule has 0 bridgehead atoms. The van der Waals surface area contributed by atoms with E-state index in [1.165, 1.54) is 18.2 Å². The molecule has 42 heavy (non-hydrogen) atoms. The van der Waals surface area contributed by atoms with Crippen LogP contribution in [0.4, 0.5) is 10.1 Å². The van der Waals surface area contributed by atoms with Gasteiger partial charge in [-0.25, -0.2) is 17.8 Å². The Morgan fingerprint density at radius 2 is 1.86 bits per heavy atom. The van der Waals surface area contributed by atoms with Gasteiger partial charge in [0.05, 0.1) is 43.9 Å². The van der Waals surface area contributed by atoms with Crippen LogP contribution in [0.5, 0.6) is 5.75 Å². The Morgan fingerprint density at radius 1 is 1.12 bits per heavy atom. The largest absolute Gasteiger partial charge is 0.497 e. The standard InChI is InChI=1S/C31H33FN4O4S2/c1-39-27-15-13-25(14-16-27)34-30(41)35(21-28-11-7-17-40-28)20-26-18-33-31(36(26)19-23-8-3-2-4-9-23)42(37,38)22-24-10-5-6-12-29(24)32/h2-6,8-10,12-16,18,28H,7,11,17,19-22H2,1H3,(H,34,41)/t28-/m1/s1. The van der Waals surface area contributed by atoms with E-state index in [1.54, 1.807) is 23.9 Å². The summed E-state index contributed by atoms with van der Waals surface area (Å²) in [6.45, 7) is 1.78. The number of hydrogen-bond acceptors (Lipinski definition) is 6. The van der Waals surface area contributed by atoms with Gasteiger partial charge >= 0.3 is 0 Å². The van der Waals surface area contributed by atoms with Crippen LogP contribution < -0.4 is 10.1 Å². The second kappa shape index (κ2) is 13.5. The predicted octanol–water partition coefficient (Wildman–Crippen LogP) is 5.43. The zero-order chi connectivity index (χ0) is 29.5. The Morgan fingerprint density at radius 3 is 2.55 bits per heavy atom. The molecule has 0 unspecified atom stereocenters. The third kappa shape index (κ3) is 7.33. The molecular weight excluding hydrogens is 575 g/mol. The van der Waals surface area contributed by atoms with Gasteiger partial charge in [-0.05, 0) is 61.0 Å². The van der Waals surface area contributed by atoms with Crippen LogP contribution in [0.2, 0.25) is 0 Å². The van der Waals surface area contributed by atoms with Crippen molar-refractivity contribution in [2.24, 2.45) is 0 Å². The summed E-state index contributed by atoms with van der Waals surface area (Å²) < 4.78 is 54.6. The molecule has 0 saturated carbocycles. The average Bonchev–Trinajstić information content (AvgIpc) is 3.65. The zero-order valence-electron chi connectivity index (χ0n) is 23.3. The number of halogens is 1. The van der Waals surface area contributed by atoms with Crippen molar-refractivity contribution in [2.75, 3.05) is 25.6 Å². The minimum Gasteiger partial charge on any atom is -0.497 e. The van der Waals surface area contributed by atoms with Crippen LogP contribution >= 0.6 is 12.2 Å². The van der Waals surface area contributed by atoms with Gasteiger partial charge in [-0.3, -0.25) is 0 Å². The summed E-state index contributed by atoms with van der Waals surface area (Å²) >= 11 is 5.85. The van der Waals surface area contributed by atoms with Gasteiger partial charge in [0.1, 0.15) is 11.6 Å². The van der Waals surface area contributed by atoms with E-state index in [-0.39, 0.29) is 29.9 Å². The second-order valence-electron chi connectivity index (χ2n) is 10.1. The normalized spacial score (nSPS) is 15.0. The van der Waals surface area contributed by atoms with Gasteiger partial charge in [-0.2, -0.15) is 0 Å². The summed E-state index contributed by atoms with van der Waals surface area (Å²) in [6.07, 6.45) is 3.44. The number of thiocarbonyl (C=S) groups is 1. The molecule has 4 aromatic rings. The lowest BCUT2D eigenvalue weighted by molar-refractivity contribution is 0.0900. The third-order valence-corrected chi connectivity index (χ3v) is 9.03. The first kappa shape index (κ1) is 29.7. The number of sulfone groups is 1. The number of anilines is 1. The van der Waals surface area contributed by atoms with Crippen molar-refractivity contribution in [1.82, 2.24) is 14.5 Å². The molecule has 5 rings (SSSR count). The molecule has 1 fully saturated rings. The molecule has 2 heterocycles. The molecule has 11 heteroatoms. The van der Waals surface area contributed by atoms with Crippen molar-refractivity contribution in [1.29, 1.82) is 0 Å². The van der Waals surface area contributed by atoms with Crippen molar-refractivity contribution in [2.45, 2.75) is 42.9 Å². The van der Waals surface area contributed by atoms with Crippen LogP contribution in [0.15, 0.2) is 90.2 Å². The molecule has 1 atom stereocenters. The van der Waals surface area contributed by atoms with E-state index in [0.29, 0.717) is 24.0 Å². The summed E-state index contributed by atoms with van der Waals surface area (Å²) in [5.74, 6) is -0.334. The summed E-state index contributed by atoms with van der Waals surface area (Å²) in [7, 11) is -2.38. The maximum Gasteiger partial charge on any atom is 0.228 e. The molecule has 220 valence electrons. The van der Waals surface area contributed by atoms with Gasteiger partial charge in [-0.15, -0.1) is 0 Å². The predicted molar refractivity (Wildman–Crippen MR) is 164 cm³/mol. The van der Waals surface area contributed by atoms with Gasteiger partial charge in [0, 0.05) is 24.4 Å². The summed E-state index contributed by atoms with van der Waals surface area (Å²) in [5, 5.41) is 3.65. The maximum absolute atomic E-state index is 14.4. The van der Waals surface area contributed by atoms with Crippen molar-refractivity contribution >= 4 is 32.9 Å². The van der Waals surface area contributed by atoms with Gasteiger partial charge in [0.15, 0.2) is 5.11 Å². The SMILES string of the molecule is COc1ccc(NC(=S)N(Cc2cnc(S(=O)(=O)Cc3ccccc3F)n2Cc2ccccc2)C[C@H]2CCCO2)cc1. The van der Waals surface area contributed by atoms with Crippen LogP contribution in [0.25, 0.3) is 0 Å². The molecule has 0 aliphatic carbocycles. The smallest absolute Gasteiger partial charge is 0.228 e. The Hall–Kier alpha value is -3.80. The molecule has 0 amide bonds. The number of ether oxygens (including phenoxy) is 2. The van der Waals surface area contributed by atoms with E-state index in [1.807, 2.05) is 59.5 Å². The fraction of sp³-hybridized carbons (Fsp3) is 0.290. The molecular formula is C31H33FN4O4S2. The van der Waals surface area contributed by atoms with Gasteiger partial charge in [-0.1, -0.05) is 48.5 Å². The lowest BCUT2D eigenvalue weighted by atomic mass is 10.2. The fourth-order valence-electron chi connectivity index (χ4n) is 4.91. The molecule has 0 spiro atoms. The molecule has 8 nitrogen and oxygen atoms in total. The van der Waals surface area contributed by atoms with Gasteiger partial charge in [0.2, 0.25) is 15.0 Å². The molecule has 1 aliphatic rings. The third-order valence-electron chi connectivity index (χ3n) is 7.10. The Kier molecular flexibility index (Phi) is 9.51. The van der Waals surface area contributed by atoms with Crippen molar-refractivity contribution < 1.29 is 22.3 Å². The first-order chi connectivity index (χ1) is 20.3. The lowest BCUT2D eigenvalue weighted by Crippen LogP contribution is -2.40. The highest BCUT2D eigenvalue weighted by Gasteiger charge is 2.28. The molecule has 1 aliphatic heterocycles. The Labute approximate surface area is 251 Å². The second-order valence-corrected chi connectivity index (χ2v) is 12.4. The van der Waals surface area contributed by atoms with E-state index in [9.17, 15) is 12.8 Å². The average molecular weight is 609 g/mol. The fourth-order valence-corrected chi connectivity index (χ4v) is 6.67. The quantitative estimate of drug-likeness (QED) is 0.226. The summed E-state index contributed by atoms with van der Waals surface area (Å²) in [5.41, 5.74) is 2.45. The highest BCUT2D eigenvalue weighted by atomic mass is 32.2. The topological polar surface area (TPSA) is 85.7 Å². The Bertz CT molecular complexity index is 1610. The highest BCUT2D eigenvalue weighted by Crippen LogP contribution is 2.23. The van der Waals surface area contributed by atoms with E-state index >= 15 is 0 Å². The van der Waals surface area contributed by atoms with Crippen molar-refractivity contribution in [3.05, 3.63) is 108 Å². The zero-order valence-corrected chi connectivity index (χ0v) is 24.9. The van der Waals surface area contributed by atoms with Crippen LogP contribution in [0.1, 0.15) is 29.7 Å². The number of hydrogen-bond donors (Lipinski definition) is 1. The monoisotopic (exact) mass is 608 g/mol. The lowest BCUT2D eigenvalue weighted by Gasteiger charge is -2.29. The number of imidazole rings is 1. The van der Waals surface area contributed by atoms with Crippen molar-refractivity contribution in [3.63, 3.8) is 0 Å². The summed E-state index contributed by atoms with van der Waals surface area (Å²) in [6, 6.07) is 22.9. The van der Waals surface area contributed by atoms with Crippen molar-refractivity contribution in [3.8, 4) is 5.75 Å². The van der Waals surface area contributed by atoms with Gasteiger partial charge in [0.25, 0.3) is 0 Å². The number of nitrogens with zero attached hydrogens (tertiary/aromatic N) is 3. The molecule has 1 aromatic heterocycles. The van der Waals surface area contributed by atoms with Crippen LogP contribution in [0.3, 0.4) is 0 Å². The molecule has 0 radical (unpaired) electrons. The van der Waals surface area contributed by atoms with E-state index in [4.69, 9.17) is 21.7 Å². The minimum absolute atomic E-state index is 0.00429. The minimum atomic E-state index is -3.99. The first-order valence-electron chi connectivity index (χ1n) is 13.7. The number of methoxy groups -OCH3 is 1. The highest BCUT2D eigenvalue weighted by molar-refractivity contribution is 7.90. The molecule has 3 aromatic carbocycles. The van der Waals surface area contributed by atoms with E-state index in [2.05, 4.69) is 10.3 Å². The van der Waals surface area contributed by atoms with Crippen LogP contribution in [-0.4, -0.2) is 54.3 Å². The molecule has 1 N–H and O–H groups in total.